The van der Waals surface area contributed by atoms with E-state index in [9.17, 15) is 22.8 Å². The van der Waals surface area contributed by atoms with E-state index in [2.05, 4.69) is 0 Å². The van der Waals surface area contributed by atoms with Gasteiger partial charge in [-0.2, -0.15) is 13.2 Å². The highest BCUT2D eigenvalue weighted by atomic mass is 19.4. The van der Waals surface area contributed by atoms with E-state index in [4.69, 9.17) is 0 Å². The van der Waals surface area contributed by atoms with Crippen molar-refractivity contribution in [3.05, 3.63) is 58.8 Å². The molecule has 1 aromatic rings. The van der Waals surface area contributed by atoms with Gasteiger partial charge < -0.3 is 4.90 Å². The molecule has 0 bridgehead atoms. The SMILES string of the molecule is O=C1C(=O)N(Cc2ccccc2C(F)(F)F)C2=C1C=CCC2. The summed E-state index contributed by atoms with van der Waals surface area (Å²) in [6.07, 6.45) is 0.0211. The molecule has 0 atom stereocenters. The van der Waals surface area contributed by atoms with Crippen LogP contribution in [0.2, 0.25) is 0 Å². The van der Waals surface area contributed by atoms with Crippen LogP contribution in [0.5, 0.6) is 0 Å². The molecule has 1 amide bonds. The summed E-state index contributed by atoms with van der Waals surface area (Å²) in [6.45, 7) is -0.243. The van der Waals surface area contributed by atoms with Gasteiger partial charge >= 0.3 is 6.18 Å². The molecule has 1 aliphatic heterocycles. The van der Waals surface area contributed by atoms with E-state index in [0.29, 0.717) is 24.1 Å². The average molecular weight is 307 g/mol. The molecular formula is C16H12F3NO2. The van der Waals surface area contributed by atoms with Crippen molar-refractivity contribution in [3.8, 4) is 0 Å². The number of allylic oxidation sites excluding steroid dienone is 3. The van der Waals surface area contributed by atoms with Gasteiger partial charge in [0.05, 0.1) is 12.1 Å². The van der Waals surface area contributed by atoms with Crippen LogP contribution in [-0.2, 0) is 22.3 Å². The number of alkyl halides is 3. The van der Waals surface area contributed by atoms with E-state index >= 15 is 0 Å². The van der Waals surface area contributed by atoms with Crippen molar-refractivity contribution in [2.24, 2.45) is 0 Å². The van der Waals surface area contributed by atoms with Crippen molar-refractivity contribution in [3.63, 3.8) is 0 Å². The van der Waals surface area contributed by atoms with Gasteiger partial charge in [0.15, 0.2) is 0 Å². The lowest BCUT2D eigenvalue weighted by molar-refractivity contribution is -0.141. The van der Waals surface area contributed by atoms with Crippen molar-refractivity contribution in [2.75, 3.05) is 0 Å². The fourth-order valence-corrected chi connectivity index (χ4v) is 2.77. The van der Waals surface area contributed by atoms with Crippen LogP contribution in [0.25, 0.3) is 0 Å². The fourth-order valence-electron chi connectivity index (χ4n) is 2.77. The van der Waals surface area contributed by atoms with E-state index in [1.54, 1.807) is 12.2 Å². The predicted octanol–water partition coefficient (Wildman–Crippen LogP) is 3.22. The lowest BCUT2D eigenvalue weighted by Crippen LogP contribution is -2.29. The number of nitrogens with zero attached hydrogens (tertiary/aromatic N) is 1. The van der Waals surface area contributed by atoms with Gasteiger partial charge in [0.25, 0.3) is 11.7 Å². The van der Waals surface area contributed by atoms with Crippen molar-refractivity contribution in [1.82, 2.24) is 4.90 Å². The summed E-state index contributed by atoms with van der Waals surface area (Å²) in [4.78, 5) is 25.1. The number of ketones is 1. The first-order chi connectivity index (χ1) is 10.4. The van der Waals surface area contributed by atoms with Crippen LogP contribution in [0.3, 0.4) is 0 Å². The fraction of sp³-hybridized carbons (Fsp3) is 0.250. The molecular weight excluding hydrogens is 295 g/mol. The van der Waals surface area contributed by atoms with E-state index < -0.39 is 23.4 Å². The lowest BCUT2D eigenvalue weighted by atomic mass is 10.0. The number of rotatable bonds is 2. The summed E-state index contributed by atoms with van der Waals surface area (Å²) in [5.41, 5.74) is 0.0327. The number of amides is 1. The molecule has 3 rings (SSSR count). The third kappa shape index (κ3) is 2.34. The van der Waals surface area contributed by atoms with Crippen LogP contribution in [0.1, 0.15) is 24.0 Å². The lowest BCUT2D eigenvalue weighted by Gasteiger charge is -2.22. The molecule has 22 heavy (non-hydrogen) atoms. The standard InChI is InChI=1S/C16H12F3NO2/c17-16(18,19)12-7-3-1-5-10(12)9-20-13-8-4-2-6-11(13)14(21)15(20)22/h1-3,5-7H,4,8-9H2. The summed E-state index contributed by atoms with van der Waals surface area (Å²) >= 11 is 0. The van der Waals surface area contributed by atoms with Gasteiger partial charge in [0, 0.05) is 11.3 Å². The largest absolute Gasteiger partial charge is 0.416 e. The van der Waals surface area contributed by atoms with E-state index in [1.807, 2.05) is 0 Å². The third-order valence-electron chi connectivity index (χ3n) is 3.80. The minimum atomic E-state index is -4.49. The molecule has 114 valence electrons. The first-order valence-corrected chi connectivity index (χ1v) is 6.80. The van der Waals surface area contributed by atoms with Crippen LogP contribution < -0.4 is 0 Å². The maximum atomic E-state index is 13.0. The molecule has 0 unspecified atom stereocenters. The second kappa shape index (κ2) is 5.12. The van der Waals surface area contributed by atoms with E-state index in [-0.39, 0.29) is 12.1 Å². The van der Waals surface area contributed by atoms with Crippen LogP contribution in [0.15, 0.2) is 47.7 Å². The minimum Gasteiger partial charge on any atom is -0.304 e. The molecule has 0 aromatic heterocycles. The topological polar surface area (TPSA) is 37.4 Å². The van der Waals surface area contributed by atoms with Gasteiger partial charge in [-0.1, -0.05) is 30.4 Å². The molecule has 1 aromatic carbocycles. The summed E-state index contributed by atoms with van der Waals surface area (Å²) in [6, 6.07) is 5.10. The van der Waals surface area contributed by atoms with Gasteiger partial charge in [0.2, 0.25) is 0 Å². The van der Waals surface area contributed by atoms with Crippen LogP contribution in [0, 0.1) is 0 Å². The van der Waals surface area contributed by atoms with Gasteiger partial charge in [-0.05, 0) is 24.5 Å². The number of carbonyl (C=O) groups is 2. The molecule has 0 saturated carbocycles. The highest BCUT2D eigenvalue weighted by Crippen LogP contribution is 2.35. The van der Waals surface area contributed by atoms with Crippen LogP contribution >= 0.6 is 0 Å². The molecule has 6 heteroatoms. The smallest absolute Gasteiger partial charge is 0.304 e. The highest BCUT2D eigenvalue weighted by Gasteiger charge is 2.39. The Kier molecular flexibility index (Phi) is 3.39. The van der Waals surface area contributed by atoms with Crippen LogP contribution in [0.4, 0.5) is 13.2 Å². The molecule has 0 saturated heterocycles. The van der Waals surface area contributed by atoms with Gasteiger partial charge in [-0.3, -0.25) is 9.59 Å². The zero-order valence-electron chi connectivity index (χ0n) is 11.5. The molecule has 0 radical (unpaired) electrons. The zero-order chi connectivity index (χ0) is 15.9. The third-order valence-corrected chi connectivity index (χ3v) is 3.80. The maximum absolute atomic E-state index is 13.0. The number of hydrogen-bond donors (Lipinski definition) is 0. The Labute approximate surface area is 124 Å². The Morgan fingerprint density at radius 1 is 1.14 bits per heavy atom. The number of benzene rings is 1. The van der Waals surface area contributed by atoms with Crippen LogP contribution in [-0.4, -0.2) is 16.6 Å². The van der Waals surface area contributed by atoms with Gasteiger partial charge in [-0.25, -0.2) is 0 Å². The molecule has 0 fully saturated rings. The molecule has 2 aliphatic rings. The Balaban J connectivity index is 1.98. The minimum absolute atomic E-state index is 0.0144. The number of Topliss-reactive ketones (excluding diaryl/α,β-unsaturated/α-hetero) is 1. The summed E-state index contributed by atoms with van der Waals surface area (Å²) in [7, 11) is 0. The zero-order valence-corrected chi connectivity index (χ0v) is 11.5. The first-order valence-electron chi connectivity index (χ1n) is 6.80. The molecule has 3 nitrogen and oxygen atoms in total. The maximum Gasteiger partial charge on any atom is 0.416 e. The molecule has 1 aliphatic carbocycles. The second-order valence-corrected chi connectivity index (χ2v) is 5.18. The van der Waals surface area contributed by atoms with Crippen molar-refractivity contribution >= 4 is 11.7 Å². The molecule has 0 N–H and O–H groups in total. The number of carbonyl (C=O) groups excluding carboxylic acids is 2. The first kappa shape index (κ1) is 14.6. The molecule has 0 spiro atoms. The summed E-state index contributed by atoms with van der Waals surface area (Å²) < 4.78 is 39.1. The predicted molar refractivity (Wildman–Crippen MR) is 72.4 cm³/mol. The van der Waals surface area contributed by atoms with Gasteiger partial charge in [-0.15, -0.1) is 0 Å². The Morgan fingerprint density at radius 2 is 1.86 bits per heavy atom. The number of halogens is 3. The normalized spacial score (nSPS) is 18.2. The molecule has 1 heterocycles. The van der Waals surface area contributed by atoms with Crippen molar-refractivity contribution in [1.29, 1.82) is 0 Å². The Hall–Kier alpha value is -2.37. The highest BCUT2D eigenvalue weighted by molar-refractivity contribution is 6.46. The second-order valence-electron chi connectivity index (χ2n) is 5.18. The Morgan fingerprint density at radius 3 is 2.59 bits per heavy atom. The monoisotopic (exact) mass is 307 g/mol. The quantitative estimate of drug-likeness (QED) is 0.787. The number of hydrogen-bond acceptors (Lipinski definition) is 2. The summed E-state index contributed by atoms with van der Waals surface area (Å²) in [5.74, 6) is -1.40. The van der Waals surface area contributed by atoms with Gasteiger partial charge in [0.1, 0.15) is 0 Å². The Bertz CT molecular complexity index is 716. The average Bonchev–Trinajstić information content (AvgIpc) is 2.72. The van der Waals surface area contributed by atoms with E-state index in [0.717, 1.165) is 6.07 Å². The summed E-state index contributed by atoms with van der Waals surface area (Å²) in [5, 5.41) is 0. The van der Waals surface area contributed by atoms with Crippen molar-refractivity contribution < 1.29 is 22.8 Å². The van der Waals surface area contributed by atoms with E-state index in [1.165, 1.54) is 23.1 Å². The van der Waals surface area contributed by atoms with Crippen molar-refractivity contribution in [2.45, 2.75) is 25.6 Å².